The van der Waals surface area contributed by atoms with E-state index in [1.54, 1.807) is 6.20 Å². The molecule has 3 heteroatoms. The van der Waals surface area contributed by atoms with Gasteiger partial charge in [0.1, 0.15) is 0 Å². The van der Waals surface area contributed by atoms with Gasteiger partial charge in [0.2, 0.25) is 0 Å². The first kappa shape index (κ1) is 13.1. The third-order valence-corrected chi connectivity index (χ3v) is 2.82. The van der Waals surface area contributed by atoms with E-state index in [1.165, 1.54) is 51.4 Å². The van der Waals surface area contributed by atoms with Gasteiger partial charge in [0.25, 0.3) is 0 Å². The molecule has 0 aliphatic carbocycles. The molecule has 1 aromatic heterocycles. The second-order valence-corrected chi connectivity index (χ2v) is 4.34. The highest BCUT2D eigenvalue weighted by Gasteiger charge is 1.93. The molecule has 1 heterocycles. The van der Waals surface area contributed by atoms with Crippen molar-refractivity contribution < 1.29 is 0 Å². The van der Waals surface area contributed by atoms with Crippen LogP contribution in [0.15, 0.2) is 12.4 Å². The summed E-state index contributed by atoms with van der Waals surface area (Å²) in [6, 6.07) is 0. The molecule has 0 spiro atoms. The zero-order chi connectivity index (χ0) is 11.5. The molecule has 92 valence electrons. The molecular weight excluding hydrogens is 198 g/mol. The van der Waals surface area contributed by atoms with Gasteiger partial charge in [-0.25, -0.2) is 4.98 Å². The van der Waals surface area contributed by atoms with Crippen LogP contribution in [-0.2, 0) is 0 Å². The maximum Gasteiger partial charge on any atom is 0.200 e. The monoisotopic (exact) mass is 223 g/mol. The van der Waals surface area contributed by atoms with E-state index in [2.05, 4.69) is 22.2 Å². The van der Waals surface area contributed by atoms with E-state index in [-0.39, 0.29) is 0 Å². The summed E-state index contributed by atoms with van der Waals surface area (Å²) >= 11 is 0. The van der Waals surface area contributed by atoms with Crippen LogP contribution in [-0.4, -0.2) is 16.5 Å². The van der Waals surface area contributed by atoms with Crippen LogP contribution in [0, 0.1) is 0 Å². The summed E-state index contributed by atoms with van der Waals surface area (Å²) in [5.41, 5.74) is 0. The van der Waals surface area contributed by atoms with Gasteiger partial charge >= 0.3 is 0 Å². The lowest BCUT2D eigenvalue weighted by atomic mass is 10.1. The van der Waals surface area contributed by atoms with Crippen molar-refractivity contribution in [1.82, 2.24) is 9.97 Å². The minimum absolute atomic E-state index is 0.892. The Hall–Kier alpha value is -0.990. The van der Waals surface area contributed by atoms with Gasteiger partial charge in [-0.05, 0) is 6.42 Å². The van der Waals surface area contributed by atoms with Crippen molar-refractivity contribution in [2.45, 2.75) is 58.3 Å². The van der Waals surface area contributed by atoms with Crippen LogP contribution in [0.5, 0.6) is 0 Å². The van der Waals surface area contributed by atoms with Crippen molar-refractivity contribution >= 4 is 5.95 Å². The van der Waals surface area contributed by atoms with Crippen LogP contribution < -0.4 is 5.32 Å². The van der Waals surface area contributed by atoms with Gasteiger partial charge in [0.05, 0.1) is 0 Å². The lowest BCUT2D eigenvalue weighted by molar-refractivity contribution is 0.581. The second-order valence-electron chi connectivity index (χ2n) is 4.34. The second kappa shape index (κ2) is 9.25. The Kier molecular flexibility index (Phi) is 7.56. The molecule has 0 aromatic carbocycles. The molecule has 0 aliphatic rings. The average molecular weight is 223 g/mol. The van der Waals surface area contributed by atoms with Crippen molar-refractivity contribution in [3.63, 3.8) is 0 Å². The molecule has 2 N–H and O–H groups in total. The standard InChI is InChI=1S/C13H25N3/c1-2-3-4-5-6-7-8-9-10-14-13-15-11-12-16-13/h11-12H,2-10H2,1H3,(H2,14,15,16). The lowest BCUT2D eigenvalue weighted by Gasteiger charge is -2.03. The van der Waals surface area contributed by atoms with Gasteiger partial charge in [-0.2, -0.15) is 0 Å². The Morgan fingerprint density at radius 3 is 2.38 bits per heavy atom. The summed E-state index contributed by atoms with van der Waals surface area (Å²) in [5, 5.41) is 3.27. The fraction of sp³-hybridized carbons (Fsp3) is 0.769. The van der Waals surface area contributed by atoms with Crippen LogP contribution in [0.1, 0.15) is 58.3 Å². The highest BCUT2D eigenvalue weighted by molar-refractivity contribution is 5.22. The number of hydrogen-bond acceptors (Lipinski definition) is 2. The van der Waals surface area contributed by atoms with E-state index in [0.29, 0.717) is 0 Å². The van der Waals surface area contributed by atoms with Crippen molar-refractivity contribution in [3.8, 4) is 0 Å². The van der Waals surface area contributed by atoms with Crippen molar-refractivity contribution in [1.29, 1.82) is 0 Å². The predicted molar refractivity (Wildman–Crippen MR) is 69.7 cm³/mol. The molecule has 0 fully saturated rings. The number of hydrogen-bond donors (Lipinski definition) is 2. The smallest absolute Gasteiger partial charge is 0.200 e. The summed E-state index contributed by atoms with van der Waals surface area (Å²) < 4.78 is 0. The SMILES string of the molecule is CCCCCCCCCCNc1ncc[nH]1. The number of unbranched alkanes of at least 4 members (excludes halogenated alkanes) is 7. The number of nitrogens with one attached hydrogen (secondary N) is 2. The summed E-state index contributed by atoms with van der Waals surface area (Å²) in [6.45, 7) is 3.29. The number of imidazole rings is 1. The zero-order valence-corrected chi connectivity index (χ0v) is 10.5. The lowest BCUT2D eigenvalue weighted by Crippen LogP contribution is -2.02. The molecule has 16 heavy (non-hydrogen) atoms. The van der Waals surface area contributed by atoms with Crippen LogP contribution in [0.3, 0.4) is 0 Å². The summed E-state index contributed by atoms with van der Waals surface area (Å²) in [6.07, 6.45) is 14.6. The summed E-state index contributed by atoms with van der Waals surface area (Å²) in [5.74, 6) is 0.892. The van der Waals surface area contributed by atoms with E-state index in [9.17, 15) is 0 Å². The van der Waals surface area contributed by atoms with Gasteiger partial charge in [-0.15, -0.1) is 0 Å². The van der Waals surface area contributed by atoms with Gasteiger partial charge < -0.3 is 10.3 Å². The molecule has 0 bridgehead atoms. The first-order valence-electron chi connectivity index (χ1n) is 6.66. The maximum absolute atomic E-state index is 4.12. The number of nitrogens with zero attached hydrogens (tertiary/aromatic N) is 1. The highest BCUT2D eigenvalue weighted by atomic mass is 15.1. The van der Waals surface area contributed by atoms with Crippen molar-refractivity contribution in [3.05, 3.63) is 12.4 Å². The van der Waals surface area contributed by atoms with E-state index in [4.69, 9.17) is 0 Å². The van der Waals surface area contributed by atoms with Crippen molar-refractivity contribution in [2.75, 3.05) is 11.9 Å². The topological polar surface area (TPSA) is 40.7 Å². The minimum atomic E-state index is 0.892. The Morgan fingerprint density at radius 2 is 1.75 bits per heavy atom. The van der Waals surface area contributed by atoms with E-state index in [0.717, 1.165) is 12.5 Å². The van der Waals surface area contributed by atoms with Gasteiger partial charge in [0.15, 0.2) is 5.95 Å². The fourth-order valence-corrected chi connectivity index (χ4v) is 1.83. The Bertz CT molecular complexity index is 231. The molecule has 0 unspecified atom stereocenters. The predicted octanol–water partition coefficient (Wildman–Crippen LogP) is 3.96. The summed E-state index contributed by atoms with van der Waals surface area (Å²) in [7, 11) is 0. The summed E-state index contributed by atoms with van der Waals surface area (Å²) in [4.78, 5) is 7.16. The molecule has 0 saturated carbocycles. The maximum atomic E-state index is 4.12. The van der Waals surface area contributed by atoms with E-state index < -0.39 is 0 Å². The highest BCUT2D eigenvalue weighted by Crippen LogP contribution is 2.08. The number of anilines is 1. The molecule has 3 nitrogen and oxygen atoms in total. The van der Waals surface area contributed by atoms with Gasteiger partial charge in [-0.1, -0.05) is 51.9 Å². The quantitative estimate of drug-likeness (QED) is 0.589. The van der Waals surface area contributed by atoms with Crippen LogP contribution >= 0.6 is 0 Å². The molecule has 0 atom stereocenters. The zero-order valence-electron chi connectivity index (χ0n) is 10.5. The third-order valence-electron chi connectivity index (χ3n) is 2.82. The van der Waals surface area contributed by atoms with Crippen LogP contribution in [0.4, 0.5) is 5.95 Å². The molecule has 0 aliphatic heterocycles. The third kappa shape index (κ3) is 6.49. The Morgan fingerprint density at radius 1 is 1.06 bits per heavy atom. The number of aromatic nitrogens is 2. The molecule has 1 rings (SSSR count). The van der Waals surface area contributed by atoms with Crippen LogP contribution in [0.25, 0.3) is 0 Å². The Balaban J connectivity index is 1.78. The normalized spacial score (nSPS) is 10.6. The molecule has 0 radical (unpaired) electrons. The van der Waals surface area contributed by atoms with E-state index in [1.807, 2.05) is 6.20 Å². The number of rotatable bonds is 10. The van der Waals surface area contributed by atoms with E-state index >= 15 is 0 Å². The number of aromatic amines is 1. The molecular formula is C13H25N3. The minimum Gasteiger partial charge on any atom is -0.356 e. The molecule has 1 aromatic rings. The molecule has 0 amide bonds. The Labute approximate surface area is 99.1 Å². The first-order chi connectivity index (χ1) is 7.93. The average Bonchev–Trinajstić information content (AvgIpc) is 2.80. The largest absolute Gasteiger partial charge is 0.356 e. The molecule has 0 saturated heterocycles. The van der Waals surface area contributed by atoms with Gasteiger partial charge in [-0.3, -0.25) is 0 Å². The van der Waals surface area contributed by atoms with Crippen LogP contribution in [0.2, 0.25) is 0 Å². The van der Waals surface area contributed by atoms with Crippen molar-refractivity contribution in [2.24, 2.45) is 0 Å². The first-order valence-corrected chi connectivity index (χ1v) is 6.66. The van der Waals surface area contributed by atoms with Gasteiger partial charge in [0, 0.05) is 18.9 Å². The fourth-order valence-electron chi connectivity index (χ4n) is 1.83. The number of H-pyrrole nitrogens is 1.